The molecule has 6 nitrogen and oxygen atoms in total. The lowest BCUT2D eigenvalue weighted by Crippen LogP contribution is -2.33. The second kappa shape index (κ2) is 7.54. The van der Waals surface area contributed by atoms with E-state index in [9.17, 15) is 9.59 Å². The van der Waals surface area contributed by atoms with E-state index in [0.29, 0.717) is 28.9 Å². The molecular weight excluding hydrogens is 364 g/mol. The molecule has 0 fully saturated rings. The van der Waals surface area contributed by atoms with Crippen molar-refractivity contribution in [1.82, 2.24) is 19.3 Å². The Labute approximate surface area is 168 Å². The minimum Gasteiger partial charge on any atom is -0.348 e. The normalized spacial score (nSPS) is 12.4. The molecule has 4 rings (SSSR count). The number of aromatic nitrogens is 3. The zero-order valence-corrected chi connectivity index (χ0v) is 16.8. The van der Waals surface area contributed by atoms with Gasteiger partial charge < -0.3 is 9.88 Å². The molecule has 3 heterocycles. The Bertz CT molecular complexity index is 1250. The zero-order valence-electron chi connectivity index (χ0n) is 16.8. The summed E-state index contributed by atoms with van der Waals surface area (Å²) in [6.45, 7) is 6.37. The van der Waals surface area contributed by atoms with Crippen molar-refractivity contribution < 1.29 is 4.79 Å². The number of amides is 1. The van der Waals surface area contributed by atoms with Crippen molar-refractivity contribution in [2.24, 2.45) is 0 Å². The van der Waals surface area contributed by atoms with Gasteiger partial charge in [0.15, 0.2) is 0 Å². The van der Waals surface area contributed by atoms with Crippen molar-refractivity contribution in [1.29, 1.82) is 0 Å². The Morgan fingerprint density at radius 2 is 1.90 bits per heavy atom. The second-order valence-electron chi connectivity index (χ2n) is 7.42. The topological polar surface area (TPSA) is 68.4 Å². The van der Waals surface area contributed by atoms with Crippen molar-refractivity contribution in [2.75, 3.05) is 0 Å². The van der Waals surface area contributed by atoms with Gasteiger partial charge in [0.05, 0.1) is 5.39 Å². The molecule has 0 aliphatic heterocycles. The molecule has 0 aliphatic rings. The molecule has 0 bridgehead atoms. The number of nitrogens with one attached hydrogen (secondary N) is 1. The molecule has 3 aromatic heterocycles. The molecule has 0 aliphatic carbocycles. The second-order valence-corrected chi connectivity index (χ2v) is 7.42. The molecule has 148 valence electrons. The van der Waals surface area contributed by atoms with E-state index >= 15 is 0 Å². The van der Waals surface area contributed by atoms with Crippen LogP contribution in [0.5, 0.6) is 0 Å². The van der Waals surface area contributed by atoms with Crippen LogP contribution >= 0.6 is 0 Å². The Morgan fingerprint density at radius 1 is 1.14 bits per heavy atom. The summed E-state index contributed by atoms with van der Waals surface area (Å²) in [5, 5.41) is 3.45. The van der Waals surface area contributed by atoms with E-state index in [1.165, 1.54) is 0 Å². The van der Waals surface area contributed by atoms with Gasteiger partial charge in [-0.25, -0.2) is 4.98 Å². The quantitative estimate of drug-likeness (QED) is 0.569. The van der Waals surface area contributed by atoms with Crippen LogP contribution in [0.3, 0.4) is 0 Å². The molecule has 1 N–H and O–H groups in total. The van der Waals surface area contributed by atoms with E-state index in [-0.39, 0.29) is 17.5 Å². The smallest absolute Gasteiger partial charge is 0.268 e. The molecule has 0 radical (unpaired) electrons. The third kappa shape index (κ3) is 3.42. The number of rotatable bonds is 5. The summed E-state index contributed by atoms with van der Waals surface area (Å²) in [6.07, 6.45) is 2.54. The summed E-state index contributed by atoms with van der Waals surface area (Å²) in [5.74, 6) is -0.196. The zero-order chi connectivity index (χ0) is 20.5. The summed E-state index contributed by atoms with van der Waals surface area (Å²) >= 11 is 0. The Hall–Kier alpha value is -3.41. The molecular formula is C23H24N4O2. The van der Waals surface area contributed by atoms with Crippen LogP contribution in [0.15, 0.2) is 59.5 Å². The van der Waals surface area contributed by atoms with Crippen LogP contribution in [0.2, 0.25) is 0 Å². The van der Waals surface area contributed by atoms with E-state index in [0.717, 1.165) is 17.5 Å². The molecule has 1 atom stereocenters. The van der Waals surface area contributed by atoms with Gasteiger partial charge in [-0.1, -0.05) is 43.3 Å². The third-order valence-electron chi connectivity index (χ3n) is 5.30. The lowest BCUT2D eigenvalue weighted by molar-refractivity contribution is 0.0930. The summed E-state index contributed by atoms with van der Waals surface area (Å²) in [6, 6.07) is 15.3. The molecule has 0 saturated heterocycles. The van der Waals surface area contributed by atoms with Crippen LogP contribution in [-0.4, -0.2) is 25.9 Å². The summed E-state index contributed by atoms with van der Waals surface area (Å²) < 4.78 is 3.39. The molecule has 0 unspecified atom stereocenters. The van der Waals surface area contributed by atoms with E-state index in [1.54, 1.807) is 16.7 Å². The number of hydrogen-bond donors (Lipinski definition) is 1. The molecule has 6 heteroatoms. The summed E-state index contributed by atoms with van der Waals surface area (Å²) in [5.41, 5.74) is 3.35. The maximum absolute atomic E-state index is 13.1. The van der Waals surface area contributed by atoms with Crippen LogP contribution in [0.1, 0.15) is 41.9 Å². The Balaban J connectivity index is 1.97. The highest BCUT2D eigenvalue weighted by Gasteiger charge is 2.21. The first-order valence-electron chi connectivity index (χ1n) is 9.85. The Morgan fingerprint density at radius 3 is 2.62 bits per heavy atom. The predicted octanol–water partition coefficient (Wildman–Crippen LogP) is 3.53. The van der Waals surface area contributed by atoms with E-state index in [1.807, 2.05) is 67.8 Å². The van der Waals surface area contributed by atoms with Gasteiger partial charge in [-0.3, -0.25) is 14.0 Å². The SMILES string of the molecule is CC[C@@H](C)NC(=O)c1cc2c(=O)n3cccc(C)c3nc2n1Cc1ccccc1. The minimum absolute atomic E-state index is 0.0426. The first-order chi connectivity index (χ1) is 14.0. The number of benzene rings is 1. The number of nitrogens with zero attached hydrogens (tertiary/aromatic N) is 3. The van der Waals surface area contributed by atoms with Crippen LogP contribution in [0, 0.1) is 6.92 Å². The van der Waals surface area contributed by atoms with Crippen molar-refractivity contribution in [2.45, 2.75) is 39.8 Å². The van der Waals surface area contributed by atoms with E-state index in [2.05, 4.69) is 5.32 Å². The lowest BCUT2D eigenvalue weighted by atomic mass is 10.2. The van der Waals surface area contributed by atoms with Gasteiger partial charge in [-0.2, -0.15) is 0 Å². The number of carbonyl (C=O) groups is 1. The fraction of sp³-hybridized carbons (Fsp3) is 0.261. The number of carbonyl (C=O) groups excluding carboxylic acids is 1. The highest BCUT2D eigenvalue weighted by atomic mass is 16.2. The number of fused-ring (bicyclic) bond motifs is 2. The fourth-order valence-corrected chi connectivity index (χ4v) is 3.48. The van der Waals surface area contributed by atoms with Gasteiger partial charge in [0, 0.05) is 18.8 Å². The van der Waals surface area contributed by atoms with Gasteiger partial charge in [0.25, 0.3) is 11.5 Å². The first-order valence-corrected chi connectivity index (χ1v) is 9.85. The summed E-state index contributed by atoms with van der Waals surface area (Å²) in [4.78, 5) is 30.9. The standard InChI is InChI=1S/C23H24N4O2/c1-4-16(3)24-22(28)19-13-18-21(27(19)14-17-10-6-5-7-11-17)25-20-15(2)9-8-12-26(20)23(18)29/h5-13,16H,4,14H2,1-3H3,(H,24,28)/t16-/m1/s1. The van der Waals surface area contributed by atoms with Crippen molar-refractivity contribution in [3.63, 3.8) is 0 Å². The van der Waals surface area contributed by atoms with Gasteiger partial charge >= 0.3 is 0 Å². The minimum atomic E-state index is -0.196. The van der Waals surface area contributed by atoms with Crippen molar-refractivity contribution in [3.8, 4) is 0 Å². The molecule has 29 heavy (non-hydrogen) atoms. The summed E-state index contributed by atoms with van der Waals surface area (Å²) in [7, 11) is 0. The van der Waals surface area contributed by atoms with Gasteiger partial charge in [-0.05, 0) is 43.5 Å². The predicted molar refractivity (Wildman–Crippen MR) is 114 cm³/mol. The Kier molecular flexibility index (Phi) is 4.92. The first kappa shape index (κ1) is 18.9. The lowest BCUT2D eigenvalue weighted by Gasteiger charge is -2.14. The molecule has 0 spiro atoms. The van der Waals surface area contributed by atoms with E-state index < -0.39 is 0 Å². The average Bonchev–Trinajstić information content (AvgIpc) is 3.08. The third-order valence-corrected chi connectivity index (χ3v) is 5.30. The van der Waals surface area contributed by atoms with Gasteiger partial charge in [0.1, 0.15) is 17.0 Å². The molecule has 4 aromatic rings. The average molecular weight is 388 g/mol. The number of aryl methyl sites for hydroxylation is 1. The molecule has 0 saturated carbocycles. The highest BCUT2D eigenvalue weighted by Crippen LogP contribution is 2.20. The van der Waals surface area contributed by atoms with Crippen molar-refractivity contribution in [3.05, 3.63) is 81.9 Å². The fourth-order valence-electron chi connectivity index (χ4n) is 3.48. The monoisotopic (exact) mass is 388 g/mol. The largest absolute Gasteiger partial charge is 0.348 e. The van der Waals surface area contributed by atoms with Crippen LogP contribution < -0.4 is 10.9 Å². The highest BCUT2D eigenvalue weighted by molar-refractivity contribution is 5.98. The number of hydrogen-bond acceptors (Lipinski definition) is 3. The van der Waals surface area contributed by atoms with E-state index in [4.69, 9.17) is 4.98 Å². The van der Waals surface area contributed by atoms with Gasteiger partial charge in [0.2, 0.25) is 0 Å². The maximum Gasteiger partial charge on any atom is 0.268 e. The van der Waals surface area contributed by atoms with Crippen LogP contribution in [-0.2, 0) is 6.54 Å². The number of pyridine rings is 1. The van der Waals surface area contributed by atoms with Crippen LogP contribution in [0.25, 0.3) is 16.7 Å². The van der Waals surface area contributed by atoms with Crippen molar-refractivity contribution >= 4 is 22.6 Å². The van der Waals surface area contributed by atoms with Crippen LogP contribution in [0.4, 0.5) is 0 Å². The maximum atomic E-state index is 13.1. The molecule has 1 amide bonds. The molecule has 1 aromatic carbocycles. The van der Waals surface area contributed by atoms with Gasteiger partial charge in [-0.15, -0.1) is 0 Å².